The molecule has 0 aromatic heterocycles. The third-order valence-corrected chi connectivity index (χ3v) is 10.7. The highest BCUT2D eigenvalue weighted by Gasteiger charge is 2.23. The molecule has 0 aromatic carbocycles. The molecule has 58 heavy (non-hydrogen) atoms. The van der Waals surface area contributed by atoms with E-state index in [9.17, 15) is 24.2 Å². The fraction of sp³-hybridized carbons (Fsp3) is 0.750. The Bertz CT molecular complexity index is 1130. The van der Waals surface area contributed by atoms with Crippen molar-refractivity contribution in [2.75, 3.05) is 26.4 Å². The molecule has 0 bridgehead atoms. The molecule has 0 rings (SSSR count). The van der Waals surface area contributed by atoms with E-state index in [0.29, 0.717) is 6.42 Å². The average Bonchev–Trinajstić information content (AvgIpc) is 3.21. The van der Waals surface area contributed by atoms with Gasteiger partial charge in [0.25, 0.3) is 0 Å². The Morgan fingerprint density at radius 3 is 1.45 bits per heavy atom. The number of carbonyl (C=O) groups is 2. The summed E-state index contributed by atoms with van der Waals surface area (Å²) in [5.74, 6) is -0.544. The maximum absolute atomic E-state index is 12.1. The summed E-state index contributed by atoms with van der Waals surface area (Å²) in [5.41, 5.74) is 0. The third-order valence-electron chi connectivity index (χ3n) is 9.67. The van der Waals surface area contributed by atoms with Crippen molar-refractivity contribution >= 4 is 19.7 Å². The fourth-order valence-electron chi connectivity index (χ4n) is 6.12. The van der Waals surface area contributed by atoms with Crippen molar-refractivity contribution in [2.45, 2.75) is 206 Å². The number of amides is 1. The van der Waals surface area contributed by atoms with Crippen LogP contribution >= 0.6 is 7.82 Å². The summed E-state index contributed by atoms with van der Waals surface area (Å²) in [7, 11) is -4.43. The van der Waals surface area contributed by atoms with Crippen LogP contribution in [0.25, 0.3) is 0 Å². The number of nitrogens with one attached hydrogen (secondary N) is 1. The number of hydrogen-bond acceptors (Lipinski definition) is 7. The first-order valence-corrected chi connectivity index (χ1v) is 24.8. The number of allylic oxidation sites excluding steroid dienone is 10. The second kappa shape index (κ2) is 44.3. The highest BCUT2D eigenvalue weighted by atomic mass is 31.2. The van der Waals surface area contributed by atoms with E-state index in [2.05, 4.69) is 79.9 Å². The quantitative estimate of drug-likeness (QED) is 0.0239. The predicted molar refractivity (Wildman–Crippen MR) is 243 cm³/mol. The van der Waals surface area contributed by atoms with Gasteiger partial charge in [-0.15, -0.1) is 0 Å². The summed E-state index contributed by atoms with van der Waals surface area (Å²) >= 11 is 0. The van der Waals surface area contributed by atoms with Crippen LogP contribution in [0, 0.1) is 0 Å². The number of hydrogen-bond donors (Lipinski definition) is 3. The van der Waals surface area contributed by atoms with Gasteiger partial charge in [0.05, 0.1) is 13.2 Å². The third kappa shape index (κ3) is 44.8. The summed E-state index contributed by atoms with van der Waals surface area (Å²) in [5, 5.41) is 12.7. The Labute approximate surface area is 355 Å². The monoisotopic (exact) mass is 836 g/mol. The molecule has 0 aliphatic heterocycles. The van der Waals surface area contributed by atoms with Crippen LogP contribution in [0.3, 0.4) is 0 Å². The first-order chi connectivity index (χ1) is 28.3. The first-order valence-electron chi connectivity index (χ1n) is 23.3. The average molecular weight is 836 g/mol. The van der Waals surface area contributed by atoms with Gasteiger partial charge in [0, 0.05) is 19.4 Å². The summed E-state index contributed by atoms with van der Waals surface area (Å²) in [6.07, 6.45) is 52.9. The second-order valence-corrected chi connectivity index (χ2v) is 16.8. The molecule has 0 saturated heterocycles. The van der Waals surface area contributed by atoms with E-state index in [-0.39, 0.29) is 32.1 Å². The van der Waals surface area contributed by atoms with Crippen LogP contribution in [0.4, 0.5) is 0 Å². The molecule has 0 aromatic rings. The lowest BCUT2D eigenvalue weighted by Gasteiger charge is -2.15. The number of phosphoric ester groups is 1. The van der Waals surface area contributed by atoms with Crippen LogP contribution < -0.4 is 5.32 Å². The first kappa shape index (κ1) is 55.7. The van der Waals surface area contributed by atoms with Gasteiger partial charge in [0.15, 0.2) is 0 Å². The van der Waals surface area contributed by atoms with E-state index in [0.717, 1.165) is 96.3 Å². The molecular formula is C48H86NO8P. The smallest absolute Gasteiger partial charge is 0.463 e. The van der Waals surface area contributed by atoms with Crippen molar-refractivity contribution in [3.8, 4) is 0 Å². The minimum absolute atomic E-state index is 0.0678. The van der Waals surface area contributed by atoms with Gasteiger partial charge in [-0.3, -0.25) is 18.6 Å². The lowest BCUT2D eigenvalue weighted by Crippen LogP contribution is -2.27. The normalized spacial score (nSPS) is 13.8. The molecule has 0 radical (unpaired) electrons. The summed E-state index contributed by atoms with van der Waals surface area (Å²) < 4.78 is 26.9. The Morgan fingerprint density at radius 1 is 0.534 bits per heavy atom. The number of aliphatic hydroxyl groups is 1. The zero-order valence-electron chi connectivity index (χ0n) is 37.0. The van der Waals surface area contributed by atoms with Gasteiger partial charge in [-0.05, 0) is 83.5 Å². The van der Waals surface area contributed by atoms with E-state index in [4.69, 9.17) is 13.8 Å². The lowest BCUT2D eigenvalue weighted by atomic mass is 10.1. The standard InChI is InChI=1S/C48H86NO8P/c1-3-5-7-9-11-13-15-17-19-21-22-23-24-25-26-28-30-32-34-36-38-40-47(51)49-42-43-56-58(53,54)57-45-46(50)44-55-48(52)41-39-37-35-33-31-29-27-20-18-16-14-12-10-8-6-4-2/h11,13,17,19-20,22-23,25-27,46,50H,3-10,12,14-16,18,21,24,28-45H2,1-2H3,(H,49,51)(H,53,54)/b13-11-,19-17-,23-22-,26-25-,27-20-. The number of unbranched alkanes of at least 4 members (excludes halogenated alkanes) is 20. The minimum atomic E-state index is -4.43. The van der Waals surface area contributed by atoms with Gasteiger partial charge in [-0.2, -0.15) is 0 Å². The van der Waals surface area contributed by atoms with E-state index in [1.165, 1.54) is 77.0 Å². The minimum Gasteiger partial charge on any atom is -0.463 e. The second-order valence-electron chi connectivity index (χ2n) is 15.4. The molecule has 0 aliphatic carbocycles. The number of esters is 1. The number of carbonyl (C=O) groups excluding carboxylic acids is 2. The van der Waals surface area contributed by atoms with Crippen molar-refractivity contribution in [1.29, 1.82) is 0 Å². The number of ether oxygens (including phenoxy) is 1. The molecule has 0 fully saturated rings. The molecule has 0 spiro atoms. The zero-order chi connectivity index (χ0) is 42.5. The van der Waals surface area contributed by atoms with Crippen LogP contribution in [-0.4, -0.2) is 54.3 Å². The van der Waals surface area contributed by atoms with Crippen molar-refractivity contribution in [3.63, 3.8) is 0 Å². The van der Waals surface area contributed by atoms with Gasteiger partial charge in [0.1, 0.15) is 12.7 Å². The van der Waals surface area contributed by atoms with Gasteiger partial charge < -0.3 is 20.1 Å². The highest BCUT2D eigenvalue weighted by Crippen LogP contribution is 2.42. The Hall–Kier alpha value is -2.29. The molecule has 0 heterocycles. The predicted octanol–water partition coefficient (Wildman–Crippen LogP) is 13.3. The Balaban J connectivity index is 3.64. The van der Waals surface area contributed by atoms with E-state index >= 15 is 0 Å². The number of phosphoric acid groups is 1. The van der Waals surface area contributed by atoms with Crippen molar-refractivity contribution in [1.82, 2.24) is 5.32 Å². The molecule has 336 valence electrons. The molecule has 3 N–H and O–H groups in total. The molecule has 9 nitrogen and oxygen atoms in total. The Morgan fingerprint density at radius 2 is 0.931 bits per heavy atom. The van der Waals surface area contributed by atoms with Crippen molar-refractivity contribution in [3.05, 3.63) is 60.8 Å². The molecule has 0 aliphatic rings. The van der Waals surface area contributed by atoms with E-state index in [1.54, 1.807) is 0 Å². The van der Waals surface area contributed by atoms with Gasteiger partial charge >= 0.3 is 13.8 Å². The van der Waals surface area contributed by atoms with Crippen molar-refractivity contribution < 1.29 is 37.9 Å². The molecular weight excluding hydrogens is 750 g/mol. The summed E-state index contributed by atoms with van der Waals surface area (Å²) in [4.78, 5) is 34.0. The van der Waals surface area contributed by atoms with E-state index < -0.39 is 26.5 Å². The summed E-state index contributed by atoms with van der Waals surface area (Å²) in [6, 6.07) is 0. The highest BCUT2D eigenvalue weighted by molar-refractivity contribution is 7.47. The Kier molecular flexibility index (Phi) is 42.5. The van der Waals surface area contributed by atoms with Crippen LogP contribution in [0.5, 0.6) is 0 Å². The lowest BCUT2D eigenvalue weighted by molar-refractivity contribution is -0.147. The fourth-order valence-corrected chi connectivity index (χ4v) is 6.88. The van der Waals surface area contributed by atoms with Crippen LogP contribution in [0.15, 0.2) is 60.8 Å². The molecule has 1 amide bonds. The van der Waals surface area contributed by atoms with E-state index in [1.807, 2.05) is 0 Å². The van der Waals surface area contributed by atoms with Crippen LogP contribution in [0.1, 0.15) is 200 Å². The van der Waals surface area contributed by atoms with Crippen molar-refractivity contribution in [2.24, 2.45) is 0 Å². The van der Waals surface area contributed by atoms with Gasteiger partial charge in [-0.1, -0.05) is 164 Å². The largest absolute Gasteiger partial charge is 0.472 e. The zero-order valence-corrected chi connectivity index (χ0v) is 37.9. The molecule has 0 saturated carbocycles. The van der Waals surface area contributed by atoms with Gasteiger partial charge in [-0.25, -0.2) is 4.57 Å². The molecule has 2 unspecified atom stereocenters. The topological polar surface area (TPSA) is 131 Å². The molecule has 2 atom stereocenters. The maximum atomic E-state index is 12.1. The van der Waals surface area contributed by atoms with Gasteiger partial charge in [0.2, 0.25) is 5.91 Å². The summed E-state index contributed by atoms with van der Waals surface area (Å²) in [6.45, 7) is 3.49. The molecule has 10 heteroatoms. The number of rotatable bonds is 43. The van der Waals surface area contributed by atoms with Crippen LogP contribution in [0.2, 0.25) is 0 Å². The number of aliphatic hydroxyl groups excluding tert-OH is 1. The maximum Gasteiger partial charge on any atom is 0.472 e. The SMILES string of the molecule is CCCCC/C=C\C/C=C\C/C=C\C/C=C\CCCCCCCC(=O)NCCOP(=O)(O)OCC(O)COC(=O)CCCCCCC/C=C\CCCCCCCCC. The van der Waals surface area contributed by atoms with Crippen LogP contribution in [-0.2, 0) is 27.9 Å².